The van der Waals surface area contributed by atoms with Crippen LogP contribution in [-0.2, 0) is 13.1 Å². The van der Waals surface area contributed by atoms with Crippen molar-refractivity contribution in [3.8, 4) is 0 Å². The van der Waals surface area contributed by atoms with E-state index in [4.69, 9.17) is 0 Å². The molecule has 0 N–H and O–H groups in total. The maximum absolute atomic E-state index is 12.8. The van der Waals surface area contributed by atoms with E-state index >= 15 is 0 Å². The van der Waals surface area contributed by atoms with Crippen molar-refractivity contribution >= 4 is 17.9 Å². The average Bonchev–Trinajstić information content (AvgIpc) is 2.93. The largest absolute Gasteiger partial charge is 0.366 e. The van der Waals surface area contributed by atoms with Gasteiger partial charge in [0, 0.05) is 32.2 Å². The quantitative estimate of drug-likeness (QED) is 0.610. The summed E-state index contributed by atoms with van der Waals surface area (Å²) in [5.41, 5.74) is 6.37. The topological polar surface area (TPSA) is 35.9 Å². The normalized spacial score (nSPS) is 13.6. The molecule has 130 valence electrons. The Kier molecular flexibility index (Phi) is 4.88. The highest BCUT2D eigenvalue weighted by molar-refractivity contribution is 5.99. The lowest BCUT2D eigenvalue weighted by atomic mass is 10.0. The van der Waals surface area contributed by atoms with E-state index in [0.29, 0.717) is 13.1 Å². The van der Waals surface area contributed by atoms with Crippen LogP contribution in [0, 0.1) is 13.8 Å². The summed E-state index contributed by atoms with van der Waals surface area (Å²) in [6.07, 6.45) is 1.84. The first-order valence-corrected chi connectivity index (χ1v) is 8.72. The highest BCUT2D eigenvalue weighted by Crippen LogP contribution is 2.32. The van der Waals surface area contributed by atoms with Gasteiger partial charge in [0.05, 0.1) is 12.0 Å². The van der Waals surface area contributed by atoms with Crippen LogP contribution in [-0.4, -0.2) is 35.6 Å². The van der Waals surface area contributed by atoms with Crippen molar-refractivity contribution in [2.75, 3.05) is 13.6 Å². The van der Waals surface area contributed by atoms with Crippen LogP contribution in [0.3, 0.4) is 0 Å². The number of fused-ring (bicyclic) bond motifs is 1. The van der Waals surface area contributed by atoms with Gasteiger partial charge in [-0.2, -0.15) is 0 Å². The van der Waals surface area contributed by atoms with E-state index < -0.39 is 0 Å². The Labute approximate surface area is 149 Å². The standard InChI is InChI=1S/C21H25N3O/c1-5-23(4)14-22-20-11-10-18-19(16(20)3)13-24(21(18)25)12-17-9-7-6-8-15(17)2/h6-11,14H,5,12-13H2,1-4H3. The number of hydrogen-bond acceptors (Lipinski definition) is 2. The number of rotatable bonds is 5. The van der Waals surface area contributed by atoms with Gasteiger partial charge >= 0.3 is 0 Å². The van der Waals surface area contributed by atoms with Crippen LogP contribution >= 0.6 is 0 Å². The molecule has 1 amide bonds. The highest BCUT2D eigenvalue weighted by Gasteiger charge is 2.29. The van der Waals surface area contributed by atoms with Gasteiger partial charge in [-0.05, 0) is 55.2 Å². The van der Waals surface area contributed by atoms with Gasteiger partial charge < -0.3 is 9.80 Å². The molecule has 0 saturated heterocycles. The van der Waals surface area contributed by atoms with E-state index in [2.05, 4.69) is 37.9 Å². The second-order valence-electron chi connectivity index (χ2n) is 6.64. The molecule has 0 atom stereocenters. The van der Waals surface area contributed by atoms with Gasteiger partial charge in [-0.3, -0.25) is 4.79 Å². The molecule has 1 heterocycles. The van der Waals surface area contributed by atoms with Gasteiger partial charge in [-0.15, -0.1) is 0 Å². The molecule has 2 aromatic carbocycles. The Morgan fingerprint density at radius 3 is 2.68 bits per heavy atom. The molecule has 0 bridgehead atoms. The van der Waals surface area contributed by atoms with Gasteiger partial charge in [-0.1, -0.05) is 24.3 Å². The molecule has 0 unspecified atom stereocenters. The zero-order chi connectivity index (χ0) is 18.0. The van der Waals surface area contributed by atoms with E-state index in [1.165, 1.54) is 11.1 Å². The maximum atomic E-state index is 12.8. The molecule has 0 aliphatic carbocycles. The van der Waals surface area contributed by atoms with E-state index in [9.17, 15) is 4.79 Å². The van der Waals surface area contributed by atoms with Crippen LogP contribution < -0.4 is 0 Å². The van der Waals surface area contributed by atoms with Crippen molar-refractivity contribution < 1.29 is 4.79 Å². The van der Waals surface area contributed by atoms with Crippen molar-refractivity contribution in [2.24, 2.45) is 4.99 Å². The van der Waals surface area contributed by atoms with Gasteiger partial charge in [0.2, 0.25) is 0 Å². The minimum Gasteiger partial charge on any atom is -0.366 e. The molecule has 0 aromatic heterocycles. The maximum Gasteiger partial charge on any atom is 0.254 e. The lowest BCUT2D eigenvalue weighted by Crippen LogP contribution is -2.23. The Bertz CT molecular complexity index is 826. The Hall–Kier alpha value is -2.62. The number of benzene rings is 2. The minimum absolute atomic E-state index is 0.113. The summed E-state index contributed by atoms with van der Waals surface area (Å²) >= 11 is 0. The first-order valence-electron chi connectivity index (χ1n) is 8.72. The molecule has 1 aliphatic rings. The molecule has 0 radical (unpaired) electrons. The van der Waals surface area contributed by atoms with Crippen molar-refractivity contribution in [3.63, 3.8) is 0 Å². The van der Waals surface area contributed by atoms with Crippen LogP contribution in [0.1, 0.15) is 39.5 Å². The zero-order valence-electron chi connectivity index (χ0n) is 15.4. The fourth-order valence-corrected chi connectivity index (χ4v) is 3.08. The van der Waals surface area contributed by atoms with Gasteiger partial charge in [-0.25, -0.2) is 4.99 Å². The molecule has 4 nitrogen and oxygen atoms in total. The Morgan fingerprint density at radius 1 is 1.20 bits per heavy atom. The summed E-state index contributed by atoms with van der Waals surface area (Å²) in [7, 11) is 2.00. The number of carbonyl (C=O) groups excluding carboxylic acids is 1. The minimum atomic E-state index is 0.113. The molecule has 0 saturated carbocycles. The van der Waals surface area contributed by atoms with E-state index in [-0.39, 0.29) is 5.91 Å². The fourth-order valence-electron chi connectivity index (χ4n) is 3.08. The number of aliphatic imine (C=N–C) groups is 1. The van der Waals surface area contributed by atoms with Crippen molar-refractivity contribution in [3.05, 3.63) is 64.2 Å². The monoisotopic (exact) mass is 335 g/mol. The average molecular weight is 335 g/mol. The summed E-state index contributed by atoms with van der Waals surface area (Å²) in [4.78, 5) is 21.3. The predicted molar refractivity (Wildman–Crippen MR) is 102 cm³/mol. The first kappa shape index (κ1) is 17.2. The van der Waals surface area contributed by atoms with E-state index in [0.717, 1.165) is 28.9 Å². The van der Waals surface area contributed by atoms with Gasteiger partial charge in [0.25, 0.3) is 5.91 Å². The van der Waals surface area contributed by atoms with Crippen LogP contribution in [0.25, 0.3) is 0 Å². The molecule has 2 aromatic rings. The summed E-state index contributed by atoms with van der Waals surface area (Å²) < 4.78 is 0. The van der Waals surface area contributed by atoms with Crippen LogP contribution in [0.15, 0.2) is 41.4 Å². The van der Waals surface area contributed by atoms with Gasteiger partial charge in [0.1, 0.15) is 0 Å². The van der Waals surface area contributed by atoms with Crippen molar-refractivity contribution in [1.29, 1.82) is 0 Å². The van der Waals surface area contributed by atoms with Crippen molar-refractivity contribution in [2.45, 2.75) is 33.9 Å². The molecule has 0 spiro atoms. The van der Waals surface area contributed by atoms with Crippen LogP contribution in [0.4, 0.5) is 5.69 Å². The number of carbonyl (C=O) groups is 1. The summed E-state index contributed by atoms with van der Waals surface area (Å²) in [5.74, 6) is 0.113. The van der Waals surface area contributed by atoms with Crippen LogP contribution in [0.5, 0.6) is 0 Å². The summed E-state index contributed by atoms with van der Waals surface area (Å²) in [5, 5.41) is 0. The number of amides is 1. The third-order valence-electron chi connectivity index (χ3n) is 4.95. The summed E-state index contributed by atoms with van der Waals surface area (Å²) in [6, 6.07) is 12.1. The molecule has 1 aliphatic heterocycles. The fraction of sp³-hybridized carbons (Fsp3) is 0.333. The second-order valence-corrected chi connectivity index (χ2v) is 6.64. The number of hydrogen-bond donors (Lipinski definition) is 0. The second kappa shape index (κ2) is 7.09. The molecule has 25 heavy (non-hydrogen) atoms. The molecule has 4 heteroatoms. The molecular weight excluding hydrogens is 310 g/mol. The summed E-state index contributed by atoms with van der Waals surface area (Å²) in [6.45, 7) is 8.45. The third kappa shape index (κ3) is 3.43. The zero-order valence-corrected chi connectivity index (χ0v) is 15.4. The lowest BCUT2D eigenvalue weighted by Gasteiger charge is -2.17. The molecular formula is C21H25N3O. The Balaban J connectivity index is 1.85. The number of nitrogens with zero attached hydrogens (tertiary/aromatic N) is 3. The lowest BCUT2D eigenvalue weighted by molar-refractivity contribution is 0.0766. The molecule has 0 fully saturated rings. The SMILES string of the molecule is CCN(C)C=Nc1ccc2c(c1C)CN(Cc1ccccc1C)C2=O. The van der Waals surface area contributed by atoms with Crippen molar-refractivity contribution in [1.82, 2.24) is 9.80 Å². The van der Waals surface area contributed by atoms with E-state index in [1.807, 2.05) is 47.5 Å². The molecule has 3 rings (SSSR count). The highest BCUT2D eigenvalue weighted by atomic mass is 16.2. The Morgan fingerprint density at radius 2 is 1.96 bits per heavy atom. The third-order valence-corrected chi connectivity index (χ3v) is 4.95. The van der Waals surface area contributed by atoms with E-state index in [1.54, 1.807) is 0 Å². The predicted octanol–water partition coefficient (Wildman–Crippen LogP) is 4.07. The first-order chi connectivity index (χ1) is 12.0. The van der Waals surface area contributed by atoms with Gasteiger partial charge in [0.15, 0.2) is 0 Å². The number of aryl methyl sites for hydroxylation is 1. The smallest absolute Gasteiger partial charge is 0.254 e. The van der Waals surface area contributed by atoms with Crippen LogP contribution in [0.2, 0.25) is 0 Å².